The Morgan fingerprint density at radius 3 is 2.64 bits per heavy atom. The number of hydrogen-bond acceptors (Lipinski definition) is 2. The van der Waals surface area contributed by atoms with Gasteiger partial charge in [-0.1, -0.05) is 30.3 Å². The summed E-state index contributed by atoms with van der Waals surface area (Å²) in [5.41, 5.74) is 1.25. The van der Waals surface area contributed by atoms with Gasteiger partial charge in [-0.15, -0.1) is 0 Å². The highest BCUT2D eigenvalue weighted by Gasteiger charge is 2.23. The number of carbonyl (C=O) groups is 1. The predicted octanol–water partition coefficient (Wildman–Crippen LogP) is 1.14. The van der Waals surface area contributed by atoms with Crippen LogP contribution >= 0.6 is 0 Å². The number of hydrogen-bond donors (Lipinski definition) is 1. The molecule has 1 heterocycles. The first-order chi connectivity index (χ1) is 6.77. The smallest absolute Gasteiger partial charge is 0.235 e. The van der Waals surface area contributed by atoms with Crippen LogP contribution in [-0.2, 0) is 4.79 Å². The van der Waals surface area contributed by atoms with Gasteiger partial charge in [-0.2, -0.15) is 0 Å². The number of rotatable bonds is 2. The van der Waals surface area contributed by atoms with E-state index in [-0.39, 0.29) is 5.91 Å². The van der Waals surface area contributed by atoms with Crippen molar-refractivity contribution in [3.63, 3.8) is 0 Å². The van der Waals surface area contributed by atoms with Gasteiger partial charge in [-0.3, -0.25) is 9.69 Å². The third-order valence-electron chi connectivity index (χ3n) is 2.66. The van der Waals surface area contributed by atoms with Gasteiger partial charge >= 0.3 is 0 Å². The molecular weight excluding hydrogens is 176 g/mol. The largest absolute Gasteiger partial charge is 0.342 e. The SMILES string of the molecule is C[C@H](c1ccccc1)N1CNC(=O)C1. The first-order valence-electron chi connectivity index (χ1n) is 4.83. The number of benzene rings is 1. The molecule has 3 nitrogen and oxygen atoms in total. The quantitative estimate of drug-likeness (QED) is 0.758. The summed E-state index contributed by atoms with van der Waals surface area (Å²) >= 11 is 0. The Balaban J connectivity index is 2.09. The molecule has 0 saturated carbocycles. The van der Waals surface area contributed by atoms with E-state index in [0.29, 0.717) is 19.3 Å². The van der Waals surface area contributed by atoms with Gasteiger partial charge in [-0.05, 0) is 12.5 Å². The average molecular weight is 190 g/mol. The van der Waals surface area contributed by atoms with Crippen molar-refractivity contribution in [3.8, 4) is 0 Å². The van der Waals surface area contributed by atoms with E-state index < -0.39 is 0 Å². The molecule has 0 bridgehead atoms. The van der Waals surface area contributed by atoms with Gasteiger partial charge in [-0.25, -0.2) is 0 Å². The lowest BCUT2D eigenvalue weighted by atomic mass is 10.1. The minimum absolute atomic E-state index is 0.118. The van der Waals surface area contributed by atoms with Crippen molar-refractivity contribution in [2.24, 2.45) is 0 Å². The van der Waals surface area contributed by atoms with Crippen LogP contribution in [0.15, 0.2) is 30.3 Å². The zero-order valence-electron chi connectivity index (χ0n) is 8.23. The zero-order chi connectivity index (χ0) is 9.97. The lowest BCUT2D eigenvalue weighted by Crippen LogP contribution is -2.25. The normalized spacial score (nSPS) is 19.4. The van der Waals surface area contributed by atoms with E-state index in [1.165, 1.54) is 5.56 Å². The van der Waals surface area contributed by atoms with Gasteiger partial charge in [0.1, 0.15) is 0 Å². The first-order valence-corrected chi connectivity index (χ1v) is 4.83. The first kappa shape index (κ1) is 9.21. The molecule has 1 N–H and O–H groups in total. The molecule has 0 radical (unpaired) electrons. The van der Waals surface area contributed by atoms with Gasteiger partial charge in [0.15, 0.2) is 0 Å². The Bertz CT molecular complexity index is 323. The molecule has 1 saturated heterocycles. The molecule has 0 spiro atoms. The van der Waals surface area contributed by atoms with Crippen molar-refractivity contribution >= 4 is 5.91 Å². The van der Waals surface area contributed by atoms with Crippen LogP contribution in [0.3, 0.4) is 0 Å². The summed E-state index contributed by atoms with van der Waals surface area (Å²) in [6, 6.07) is 10.5. The van der Waals surface area contributed by atoms with Gasteiger partial charge in [0.05, 0.1) is 13.2 Å². The molecule has 0 aliphatic carbocycles. The van der Waals surface area contributed by atoms with Crippen molar-refractivity contribution in [3.05, 3.63) is 35.9 Å². The lowest BCUT2D eigenvalue weighted by molar-refractivity contribution is -0.118. The van der Waals surface area contributed by atoms with Crippen molar-refractivity contribution in [2.75, 3.05) is 13.2 Å². The maximum atomic E-state index is 11.0. The van der Waals surface area contributed by atoms with Crippen molar-refractivity contribution in [1.29, 1.82) is 0 Å². The van der Waals surface area contributed by atoms with Gasteiger partial charge in [0.2, 0.25) is 5.91 Å². The van der Waals surface area contributed by atoms with Crippen LogP contribution in [0.2, 0.25) is 0 Å². The second-order valence-electron chi connectivity index (χ2n) is 3.59. The van der Waals surface area contributed by atoms with E-state index >= 15 is 0 Å². The van der Waals surface area contributed by atoms with Crippen molar-refractivity contribution in [2.45, 2.75) is 13.0 Å². The fourth-order valence-corrected chi connectivity index (χ4v) is 1.70. The molecule has 1 amide bonds. The molecule has 1 aromatic rings. The topological polar surface area (TPSA) is 32.3 Å². The minimum atomic E-state index is 0.118. The van der Waals surface area contributed by atoms with Gasteiger partial charge < -0.3 is 5.32 Å². The Labute approximate surface area is 83.7 Å². The Morgan fingerprint density at radius 2 is 2.07 bits per heavy atom. The summed E-state index contributed by atoms with van der Waals surface area (Å²) in [6.45, 7) is 3.29. The summed E-state index contributed by atoms with van der Waals surface area (Å²) in [7, 11) is 0. The molecule has 1 fully saturated rings. The van der Waals surface area contributed by atoms with E-state index in [0.717, 1.165) is 0 Å². The number of carbonyl (C=O) groups excluding carboxylic acids is 1. The highest BCUT2D eigenvalue weighted by molar-refractivity contribution is 5.79. The molecule has 0 unspecified atom stereocenters. The van der Waals surface area contributed by atoms with E-state index in [1.807, 2.05) is 18.2 Å². The van der Waals surface area contributed by atoms with Crippen LogP contribution in [0.4, 0.5) is 0 Å². The predicted molar refractivity (Wildman–Crippen MR) is 54.6 cm³/mol. The molecular formula is C11H14N2O. The number of nitrogens with one attached hydrogen (secondary N) is 1. The van der Waals surface area contributed by atoms with Crippen LogP contribution < -0.4 is 5.32 Å². The van der Waals surface area contributed by atoms with Crippen LogP contribution in [0.1, 0.15) is 18.5 Å². The molecule has 74 valence electrons. The van der Waals surface area contributed by atoms with Crippen LogP contribution in [0.5, 0.6) is 0 Å². The van der Waals surface area contributed by atoms with Crippen molar-refractivity contribution in [1.82, 2.24) is 10.2 Å². The summed E-state index contributed by atoms with van der Waals surface area (Å²) in [5.74, 6) is 0.118. The lowest BCUT2D eigenvalue weighted by Gasteiger charge is -2.22. The fraction of sp³-hybridized carbons (Fsp3) is 0.364. The standard InChI is InChI=1S/C11H14N2O/c1-9(10-5-3-2-4-6-10)13-7-11(14)12-8-13/h2-6,9H,7-8H2,1H3,(H,12,14)/t9-/m1/s1. The summed E-state index contributed by atoms with van der Waals surface area (Å²) in [5, 5.41) is 2.81. The Hall–Kier alpha value is -1.35. The maximum absolute atomic E-state index is 11.0. The Morgan fingerprint density at radius 1 is 1.36 bits per heavy atom. The monoisotopic (exact) mass is 190 g/mol. The summed E-state index contributed by atoms with van der Waals surface area (Å²) in [4.78, 5) is 13.2. The molecule has 14 heavy (non-hydrogen) atoms. The zero-order valence-corrected chi connectivity index (χ0v) is 8.23. The fourth-order valence-electron chi connectivity index (χ4n) is 1.70. The highest BCUT2D eigenvalue weighted by atomic mass is 16.2. The summed E-state index contributed by atoms with van der Waals surface area (Å²) < 4.78 is 0. The minimum Gasteiger partial charge on any atom is -0.342 e. The molecule has 1 aromatic carbocycles. The number of amides is 1. The van der Waals surface area contributed by atoms with Crippen LogP contribution in [-0.4, -0.2) is 24.0 Å². The second-order valence-corrected chi connectivity index (χ2v) is 3.59. The van der Waals surface area contributed by atoms with Crippen LogP contribution in [0.25, 0.3) is 0 Å². The second kappa shape index (κ2) is 3.80. The Kier molecular flexibility index (Phi) is 2.50. The van der Waals surface area contributed by atoms with Crippen molar-refractivity contribution < 1.29 is 4.79 Å². The van der Waals surface area contributed by atoms with E-state index in [1.54, 1.807) is 0 Å². The molecule has 2 rings (SSSR count). The van der Waals surface area contributed by atoms with E-state index in [4.69, 9.17) is 0 Å². The highest BCUT2D eigenvalue weighted by Crippen LogP contribution is 2.19. The molecule has 1 atom stereocenters. The average Bonchev–Trinajstić information content (AvgIpc) is 2.65. The molecule has 3 heteroatoms. The molecule has 1 aliphatic heterocycles. The van der Waals surface area contributed by atoms with Gasteiger partial charge in [0, 0.05) is 6.04 Å². The molecule has 0 aromatic heterocycles. The van der Waals surface area contributed by atoms with E-state index in [2.05, 4.69) is 29.3 Å². The molecule has 1 aliphatic rings. The van der Waals surface area contributed by atoms with E-state index in [9.17, 15) is 4.79 Å². The maximum Gasteiger partial charge on any atom is 0.235 e. The summed E-state index contributed by atoms with van der Waals surface area (Å²) in [6.07, 6.45) is 0. The third-order valence-corrected chi connectivity index (χ3v) is 2.66. The van der Waals surface area contributed by atoms with Crippen LogP contribution in [0, 0.1) is 0 Å². The number of nitrogens with zero attached hydrogens (tertiary/aromatic N) is 1. The van der Waals surface area contributed by atoms with Gasteiger partial charge in [0.25, 0.3) is 0 Å². The third kappa shape index (κ3) is 1.77.